The van der Waals surface area contributed by atoms with E-state index in [1.54, 1.807) is 0 Å². The van der Waals surface area contributed by atoms with Gasteiger partial charge in [0.25, 0.3) is 0 Å². The fourth-order valence-electron chi connectivity index (χ4n) is 1.60. The third-order valence-electron chi connectivity index (χ3n) is 2.72. The molecule has 0 aliphatic heterocycles. The highest BCUT2D eigenvalue weighted by atomic mass is 32.1. The van der Waals surface area contributed by atoms with Crippen molar-refractivity contribution in [3.8, 4) is 0 Å². The highest BCUT2D eigenvalue weighted by molar-refractivity contribution is 7.80. The Kier molecular flexibility index (Phi) is 2.91. The number of anilines is 1. The van der Waals surface area contributed by atoms with Crippen LogP contribution in [0.15, 0.2) is 18.2 Å². The molecule has 2 rings (SSSR count). The van der Waals surface area contributed by atoms with E-state index in [9.17, 15) is 0 Å². The Morgan fingerprint density at radius 3 is 2.87 bits per heavy atom. The first-order chi connectivity index (χ1) is 7.16. The van der Waals surface area contributed by atoms with Crippen LogP contribution in [-0.2, 0) is 0 Å². The Morgan fingerprint density at radius 1 is 1.53 bits per heavy atom. The molecule has 3 heteroatoms. The molecule has 1 aromatic rings. The van der Waals surface area contributed by atoms with Crippen molar-refractivity contribution in [2.45, 2.75) is 19.8 Å². The number of nitrogens with one attached hydrogen (secondary N) is 1. The molecular weight excluding hydrogens is 204 g/mol. The number of aryl methyl sites for hydroxylation is 1. The van der Waals surface area contributed by atoms with Crippen molar-refractivity contribution in [1.29, 1.82) is 0 Å². The average molecular weight is 220 g/mol. The van der Waals surface area contributed by atoms with Crippen LogP contribution in [0.2, 0.25) is 0 Å². The lowest BCUT2D eigenvalue weighted by molar-refractivity contribution is 0.889. The van der Waals surface area contributed by atoms with Gasteiger partial charge in [0, 0.05) is 17.8 Å². The van der Waals surface area contributed by atoms with E-state index in [1.807, 2.05) is 12.1 Å². The van der Waals surface area contributed by atoms with Gasteiger partial charge in [-0.05, 0) is 43.4 Å². The Morgan fingerprint density at radius 2 is 2.27 bits per heavy atom. The summed E-state index contributed by atoms with van der Waals surface area (Å²) in [5.74, 6) is 0.852. The van der Waals surface area contributed by atoms with Gasteiger partial charge in [-0.3, -0.25) is 0 Å². The molecule has 1 aromatic carbocycles. The second-order valence-corrected chi connectivity index (χ2v) is 4.68. The first-order valence-corrected chi connectivity index (χ1v) is 5.72. The SMILES string of the molecule is Cc1ccc(C(N)=S)c(NCC2CC2)c1. The van der Waals surface area contributed by atoms with E-state index >= 15 is 0 Å². The summed E-state index contributed by atoms with van der Waals surface area (Å²) in [6.45, 7) is 3.12. The number of thiocarbonyl (C=S) groups is 1. The van der Waals surface area contributed by atoms with Crippen LogP contribution >= 0.6 is 12.2 Å². The summed E-state index contributed by atoms with van der Waals surface area (Å²) in [5.41, 5.74) is 8.94. The molecule has 0 radical (unpaired) electrons. The number of rotatable bonds is 4. The van der Waals surface area contributed by atoms with Crippen LogP contribution in [0, 0.1) is 12.8 Å². The van der Waals surface area contributed by atoms with E-state index in [0.717, 1.165) is 23.7 Å². The largest absolute Gasteiger partial charge is 0.389 e. The molecule has 3 N–H and O–H groups in total. The maximum Gasteiger partial charge on any atom is 0.106 e. The van der Waals surface area contributed by atoms with Crippen molar-refractivity contribution in [3.05, 3.63) is 29.3 Å². The Bertz CT molecular complexity index is 383. The monoisotopic (exact) mass is 220 g/mol. The summed E-state index contributed by atoms with van der Waals surface area (Å²) in [5, 5.41) is 3.43. The van der Waals surface area contributed by atoms with E-state index in [1.165, 1.54) is 18.4 Å². The minimum atomic E-state index is 0.466. The van der Waals surface area contributed by atoms with Crippen molar-refractivity contribution >= 4 is 22.9 Å². The van der Waals surface area contributed by atoms with Gasteiger partial charge in [0.05, 0.1) is 0 Å². The molecule has 0 bridgehead atoms. The van der Waals surface area contributed by atoms with Crippen molar-refractivity contribution in [1.82, 2.24) is 0 Å². The normalized spacial score (nSPS) is 15.0. The molecular formula is C12H16N2S. The highest BCUT2D eigenvalue weighted by Gasteiger charge is 2.21. The van der Waals surface area contributed by atoms with Crippen LogP contribution in [0.4, 0.5) is 5.69 Å². The van der Waals surface area contributed by atoms with Gasteiger partial charge in [-0.2, -0.15) is 0 Å². The van der Waals surface area contributed by atoms with Gasteiger partial charge in [0.2, 0.25) is 0 Å². The van der Waals surface area contributed by atoms with Gasteiger partial charge >= 0.3 is 0 Å². The summed E-state index contributed by atoms with van der Waals surface area (Å²) in [6, 6.07) is 6.14. The van der Waals surface area contributed by atoms with Gasteiger partial charge < -0.3 is 11.1 Å². The number of hydrogen-bond donors (Lipinski definition) is 2. The Balaban J connectivity index is 2.16. The lowest BCUT2D eigenvalue weighted by Gasteiger charge is -2.11. The van der Waals surface area contributed by atoms with Crippen LogP contribution in [0.1, 0.15) is 24.0 Å². The number of benzene rings is 1. The maximum absolute atomic E-state index is 5.68. The fraction of sp³-hybridized carbons (Fsp3) is 0.417. The van der Waals surface area contributed by atoms with Crippen molar-refractivity contribution in [2.24, 2.45) is 11.7 Å². The van der Waals surface area contributed by atoms with Crippen LogP contribution < -0.4 is 11.1 Å². The predicted molar refractivity (Wildman–Crippen MR) is 68.3 cm³/mol. The van der Waals surface area contributed by atoms with E-state index in [4.69, 9.17) is 18.0 Å². The maximum atomic E-state index is 5.68. The lowest BCUT2D eigenvalue weighted by Crippen LogP contribution is -2.14. The molecule has 80 valence electrons. The summed E-state index contributed by atoms with van der Waals surface area (Å²) in [6.07, 6.45) is 2.70. The van der Waals surface area contributed by atoms with Crippen LogP contribution in [0.5, 0.6) is 0 Å². The van der Waals surface area contributed by atoms with E-state index in [2.05, 4.69) is 18.3 Å². The van der Waals surface area contributed by atoms with Crippen LogP contribution in [0.3, 0.4) is 0 Å². The first-order valence-electron chi connectivity index (χ1n) is 5.31. The van der Waals surface area contributed by atoms with Crippen molar-refractivity contribution < 1.29 is 0 Å². The van der Waals surface area contributed by atoms with Gasteiger partial charge in [-0.15, -0.1) is 0 Å². The van der Waals surface area contributed by atoms with Gasteiger partial charge in [0.1, 0.15) is 4.99 Å². The summed E-state index contributed by atoms with van der Waals surface area (Å²) in [7, 11) is 0. The van der Waals surface area contributed by atoms with E-state index in [-0.39, 0.29) is 0 Å². The Labute approximate surface area is 95.9 Å². The molecule has 1 aliphatic rings. The minimum absolute atomic E-state index is 0.466. The number of hydrogen-bond acceptors (Lipinski definition) is 2. The molecule has 0 saturated heterocycles. The molecule has 0 amide bonds. The zero-order chi connectivity index (χ0) is 10.8. The number of nitrogens with two attached hydrogens (primary N) is 1. The standard InChI is InChI=1S/C12H16N2S/c1-8-2-5-10(12(13)15)11(6-8)14-7-9-3-4-9/h2,5-6,9,14H,3-4,7H2,1H3,(H2,13,15). The predicted octanol–water partition coefficient (Wildman–Crippen LogP) is 2.45. The third kappa shape index (κ3) is 2.69. The topological polar surface area (TPSA) is 38.0 Å². The zero-order valence-corrected chi connectivity index (χ0v) is 9.73. The van der Waals surface area contributed by atoms with Crippen molar-refractivity contribution in [2.75, 3.05) is 11.9 Å². The highest BCUT2D eigenvalue weighted by Crippen LogP contribution is 2.29. The molecule has 0 atom stereocenters. The first kappa shape index (κ1) is 10.4. The molecule has 15 heavy (non-hydrogen) atoms. The summed E-state index contributed by atoms with van der Waals surface area (Å²) >= 11 is 5.03. The average Bonchev–Trinajstić information content (AvgIpc) is 2.97. The van der Waals surface area contributed by atoms with Crippen molar-refractivity contribution in [3.63, 3.8) is 0 Å². The van der Waals surface area contributed by atoms with E-state index in [0.29, 0.717) is 4.99 Å². The molecule has 2 nitrogen and oxygen atoms in total. The molecule has 0 heterocycles. The molecule has 0 unspecified atom stereocenters. The van der Waals surface area contributed by atoms with Gasteiger partial charge in [-0.1, -0.05) is 18.3 Å². The smallest absolute Gasteiger partial charge is 0.106 e. The second-order valence-electron chi connectivity index (χ2n) is 4.24. The van der Waals surface area contributed by atoms with Crippen LogP contribution in [-0.4, -0.2) is 11.5 Å². The summed E-state index contributed by atoms with van der Waals surface area (Å²) < 4.78 is 0. The lowest BCUT2D eigenvalue weighted by atomic mass is 10.1. The zero-order valence-electron chi connectivity index (χ0n) is 8.92. The third-order valence-corrected chi connectivity index (χ3v) is 2.94. The minimum Gasteiger partial charge on any atom is -0.389 e. The molecule has 1 saturated carbocycles. The Hall–Kier alpha value is -1.09. The van der Waals surface area contributed by atoms with Gasteiger partial charge in [0.15, 0.2) is 0 Å². The fourth-order valence-corrected chi connectivity index (χ4v) is 1.77. The molecule has 0 spiro atoms. The molecule has 0 aromatic heterocycles. The van der Waals surface area contributed by atoms with E-state index < -0.39 is 0 Å². The second kappa shape index (κ2) is 4.19. The molecule has 1 aliphatic carbocycles. The summed E-state index contributed by atoms with van der Waals surface area (Å²) in [4.78, 5) is 0.466. The quantitative estimate of drug-likeness (QED) is 0.765. The van der Waals surface area contributed by atoms with Crippen LogP contribution in [0.25, 0.3) is 0 Å². The van der Waals surface area contributed by atoms with Gasteiger partial charge in [-0.25, -0.2) is 0 Å². The molecule has 1 fully saturated rings.